The minimum atomic E-state index is -5.27. The Hall–Kier alpha value is -1.64. The van der Waals surface area contributed by atoms with Crippen LogP contribution in [0, 0.1) is 0 Å². The average Bonchev–Trinajstić information content (AvgIpc) is 2.25. The van der Waals surface area contributed by atoms with Crippen LogP contribution in [0.5, 0.6) is 5.75 Å². The number of halogens is 6. The van der Waals surface area contributed by atoms with Crippen LogP contribution >= 0.6 is 11.6 Å². The second-order valence-corrected chi connectivity index (χ2v) is 3.42. The van der Waals surface area contributed by atoms with Crippen molar-refractivity contribution >= 4 is 17.6 Å². The Morgan fingerprint density at radius 1 is 1.47 bits per heavy atom. The van der Waals surface area contributed by atoms with Gasteiger partial charge in [-0.3, -0.25) is 4.98 Å². The zero-order chi connectivity index (χ0) is 14.8. The van der Waals surface area contributed by atoms with Gasteiger partial charge < -0.3 is 9.84 Å². The van der Waals surface area contributed by atoms with E-state index >= 15 is 0 Å². The van der Waals surface area contributed by atoms with Crippen molar-refractivity contribution in [3.05, 3.63) is 23.0 Å². The highest BCUT2D eigenvalue weighted by Crippen LogP contribution is 2.36. The Kier molecular flexibility index (Phi) is 4.51. The summed E-state index contributed by atoms with van der Waals surface area (Å²) in [4.78, 5) is 13.7. The molecule has 0 aliphatic carbocycles. The molecule has 1 aromatic rings. The number of nitrogens with zero attached hydrogens (tertiary/aromatic N) is 1. The number of aromatic carboxylic acids is 1. The van der Waals surface area contributed by atoms with E-state index in [9.17, 15) is 26.7 Å². The lowest BCUT2D eigenvalue weighted by Gasteiger charge is -2.16. The van der Waals surface area contributed by atoms with Crippen LogP contribution in [0.15, 0.2) is 6.20 Å². The van der Waals surface area contributed by atoms with E-state index in [4.69, 9.17) is 16.7 Å². The topological polar surface area (TPSA) is 59.4 Å². The number of pyridine rings is 1. The van der Waals surface area contributed by atoms with E-state index < -0.39 is 47.2 Å². The summed E-state index contributed by atoms with van der Waals surface area (Å²) < 4.78 is 65.0. The average molecular weight is 306 g/mol. The summed E-state index contributed by atoms with van der Waals surface area (Å²) in [5, 5.41) is 8.73. The summed E-state index contributed by atoms with van der Waals surface area (Å²) in [6.45, 7) is 0. The number of carboxylic acids is 1. The number of aromatic nitrogens is 1. The molecule has 0 saturated heterocycles. The van der Waals surface area contributed by atoms with Gasteiger partial charge >= 0.3 is 12.3 Å². The van der Waals surface area contributed by atoms with Gasteiger partial charge in [0.25, 0.3) is 6.43 Å². The van der Waals surface area contributed by atoms with Gasteiger partial charge in [0.1, 0.15) is 5.69 Å². The smallest absolute Gasteiger partial charge is 0.478 e. The summed E-state index contributed by atoms with van der Waals surface area (Å²) in [5.41, 5.74) is -2.77. The number of ether oxygens (including phenoxy) is 1. The molecule has 0 fully saturated rings. The van der Waals surface area contributed by atoms with Crippen molar-refractivity contribution < 1.29 is 36.6 Å². The molecule has 0 amide bonds. The van der Waals surface area contributed by atoms with E-state index in [0.29, 0.717) is 6.20 Å². The molecule has 4 nitrogen and oxygen atoms in total. The van der Waals surface area contributed by atoms with E-state index in [-0.39, 0.29) is 0 Å². The first-order valence-corrected chi connectivity index (χ1v) is 5.05. The Morgan fingerprint density at radius 3 is 2.42 bits per heavy atom. The number of alkyl halides is 6. The minimum absolute atomic E-state index is 0.505. The molecule has 1 heterocycles. The highest BCUT2D eigenvalue weighted by atomic mass is 35.5. The molecule has 106 valence electrons. The van der Waals surface area contributed by atoms with Crippen LogP contribution in [-0.2, 0) is 5.88 Å². The Bertz CT molecular complexity index is 491. The molecule has 19 heavy (non-hydrogen) atoms. The standard InChI is InChI=1S/C9H5ClF5NO3/c10-1-3-4(8(17)18)2-16-5(7(11)12)6(3)19-9(13,14)15/h2,7H,1H2,(H,17,18). The normalized spacial score (nSPS) is 11.7. The molecule has 10 heteroatoms. The maximum atomic E-state index is 12.6. The molecule has 0 aliphatic heterocycles. The second-order valence-electron chi connectivity index (χ2n) is 3.15. The zero-order valence-corrected chi connectivity index (χ0v) is 9.60. The molecule has 1 rings (SSSR count). The predicted molar refractivity (Wildman–Crippen MR) is 52.4 cm³/mol. The summed E-state index contributed by atoms with van der Waals surface area (Å²) in [5.74, 6) is -3.79. The van der Waals surface area contributed by atoms with Crippen molar-refractivity contribution in [1.82, 2.24) is 4.98 Å². The molecular weight excluding hydrogens is 301 g/mol. The molecule has 0 aliphatic rings. The van der Waals surface area contributed by atoms with Gasteiger partial charge in [-0.2, -0.15) is 0 Å². The lowest BCUT2D eigenvalue weighted by molar-refractivity contribution is -0.275. The van der Waals surface area contributed by atoms with Gasteiger partial charge in [0.2, 0.25) is 0 Å². The molecule has 1 aromatic heterocycles. The number of carboxylic acid groups (broad SMARTS) is 1. The van der Waals surface area contributed by atoms with Crippen LogP contribution < -0.4 is 4.74 Å². The molecule has 0 bridgehead atoms. The summed E-state index contributed by atoms with van der Waals surface area (Å²) >= 11 is 5.30. The molecule has 0 atom stereocenters. The third-order valence-electron chi connectivity index (χ3n) is 1.95. The first kappa shape index (κ1) is 15.4. The molecular formula is C9H5ClF5NO3. The summed E-state index contributed by atoms with van der Waals surface area (Å²) in [7, 11) is 0. The Balaban J connectivity index is 3.50. The van der Waals surface area contributed by atoms with Gasteiger partial charge in [-0.1, -0.05) is 0 Å². The quantitative estimate of drug-likeness (QED) is 0.684. The lowest BCUT2D eigenvalue weighted by atomic mass is 10.1. The number of rotatable bonds is 4. The van der Waals surface area contributed by atoms with Crippen molar-refractivity contribution in [2.75, 3.05) is 0 Å². The third kappa shape index (κ3) is 3.66. The van der Waals surface area contributed by atoms with Crippen LogP contribution in [0.4, 0.5) is 22.0 Å². The largest absolute Gasteiger partial charge is 0.573 e. The minimum Gasteiger partial charge on any atom is -0.478 e. The maximum absolute atomic E-state index is 12.6. The van der Waals surface area contributed by atoms with Crippen molar-refractivity contribution in [2.24, 2.45) is 0 Å². The van der Waals surface area contributed by atoms with Crippen LogP contribution in [0.2, 0.25) is 0 Å². The highest BCUT2D eigenvalue weighted by molar-refractivity contribution is 6.18. The summed E-state index contributed by atoms with van der Waals surface area (Å²) in [6, 6.07) is 0. The van der Waals surface area contributed by atoms with E-state index in [1.165, 1.54) is 0 Å². The van der Waals surface area contributed by atoms with Crippen LogP contribution in [0.25, 0.3) is 0 Å². The van der Waals surface area contributed by atoms with Crippen molar-refractivity contribution in [3.63, 3.8) is 0 Å². The van der Waals surface area contributed by atoms with Crippen LogP contribution in [0.3, 0.4) is 0 Å². The summed E-state index contributed by atoms with van der Waals surface area (Å²) in [6.07, 6.45) is -8.14. The van der Waals surface area contributed by atoms with E-state index in [0.717, 1.165) is 0 Å². The van der Waals surface area contributed by atoms with Gasteiger partial charge in [0.05, 0.1) is 11.4 Å². The highest BCUT2D eigenvalue weighted by Gasteiger charge is 2.36. The van der Waals surface area contributed by atoms with Crippen LogP contribution in [0.1, 0.15) is 28.0 Å². The van der Waals surface area contributed by atoms with Crippen molar-refractivity contribution in [2.45, 2.75) is 18.7 Å². The number of hydrogen-bond acceptors (Lipinski definition) is 3. The monoisotopic (exact) mass is 305 g/mol. The zero-order valence-electron chi connectivity index (χ0n) is 8.84. The predicted octanol–water partition coefficient (Wildman–Crippen LogP) is 3.35. The molecule has 0 spiro atoms. The fourth-order valence-corrected chi connectivity index (χ4v) is 1.51. The Morgan fingerprint density at radius 2 is 2.05 bits per heavy atom. The molecule has 0 aromatic carbocycles. The first-order valence-electron chi connectivity index (χ1n) is 4.52. The van der Waals surface area contributed by atoms with Crippen LogP contribution in [-0.4, -0.2) is 22.4 Å². The van der Waals surface area contributed by atoms with E-state index in [1.54, 1.807) is 0 Å². The van der Waals surface area contributed by atoms with Gasteiger partial charge in [-0.15, -0.1) is 24.8 Å². The van der Waals surface area contributed by atoms with E-state index in [1.807, 2.05) is 0 Å². The number of hydrogen-bond donors (Lipinski definition) is 1. The van der Waals surface area contributed by atoms with Gasteiger partial charge in [0.15, 0.2) is 5.75 Å². The Labute approximate surface area is 107 Å². The van der Waals surface area contributed by atoms with Crippen molar-refractivity contribution in [3.8, 4) is 5.75 Å². The van der Waals surface area contributed by atoms with E-state index in [2.05, 4.69) is 9.72 Å². The SMILES string of the molecule is O=C(O)c1cnc(C(F)F)c(OC(F)(F)F)c1CCl. The van der Waals surface area contributed by atoms with Gasteiger partial charge in [-0.25, -0.2) is 13.6 Å². The number of carbonyl (C=O) groups is 1. The fourth-order valence-electron chi connectivity index (χ4n) is 1.25. The fraction of sp³-hybridized carbons (Fsp3) is 0.333. The first-order chi connectivity index (χ1) is 8.67. The second kappa shape index (κ2) is 5.55. The maximum Gasteiger partial charge on any atom is 0.573 e. The van der Waals surface area contributed by atoms with Gasteiger partial charge in [0, 0.05) is 11.8 Å². The molecule has 0 unspecified atom stereocenters. The molecule has 1 N–H and O–H groups in total. The lowest BCUT2D eigenvalue weighted by Crippen LogP contribution is -2.21. The third-order valence-corrected chi connectivity index (χ3v) is 2.22. The van der Waals surface area contributed by atoms with Crippen molar-refractivity contribution in [1.29, 1.82) is 0 Å². The molecule has 0 radical (unpaired) electrons. The van der Waals surface area contributed by atoms with Gasteiger partial charge in [-0.05, 0) is 0 Å². The molecule has 0 saturated carbocycles.